The Bertz CT molecular complexity index is 314. The number of carbonyl (C=O) groups is 1. The van der Waals surface area contributed by atoms with Crippen LogP contribution in [-0.4, -0.2) is 22.7 Å². The molecule has 17 heavy (non-hydrogen) atoms. The van der Waals surface area contributed by atoms with Crippen LogP contribution in [0.3, 0.4) is 0 Å². The van der Waals surface area contributed by atoms with Gasteiger partial charge in [-0.25, -0.2) is 0 Å². The van der Waals surface area contributed by atoms with Crippen LogP contribution >= 0.6 is 0 Å². The minimum absolute atomic E-state index is 0.145. The minimum Gasteiger partial charge on any atom is -0.390 e. The highest BCUT2D eigenvalue weighted by Gasteiger charge is 2.61. The normalized spacial score (nSPS) is 35.1. The van der Waals surface area contributed by atoms with Crippen molar-refractivity contribution in [2.75, 3.05) is 0 Å². The lowest BCUT2D eigenvalue weighted by molar-refractivity contribution is -0.133. The largest absolute Gasteiger partial charge is 0.390 e. The third kappa shape index (κ3) is 1.55. The van der Waals surface area contributed by atoms with E-state index < -0.39 is 11.5 Å². The van der Waals surface area contributed by atoms with Crippen molar-refractivity contribution < 1.29 is 9.90 Å². The van der Waals surface area contributed by atoms with Gasteiger partial charge in [-0.05, 0) is 25.7 Å². The van der Waals surface area contributed by atoms with Crippen LogP contribution in [0.25, 0.3) is 0 Å². The second kappa shape index (κ2) is 3.98. The van der Waals surface area contributed by atoms with E-state index in [2.05, 4.69) is 5.32 Å². The van der Waals surface area contributed by atoms with Gasteiger partial charge in [0.05, 0.1) is 17.1 Å². The van der Waals surface area contributed by atoms with Gasteiger partial charge in [0.15, 0.2) is 0 Å². The van der Waals surface area contributed by atoms with Gasteiger partial charge in [0.25, 0.3) is 0 Å². The quantitative estimate of drug-likeness (QED) is 0.678. The Hall–Kier alpha value is -0.570. The molecule has 0 bridgehead atoms. The second-order valence-corrected chi connectivity index (χ2v) is 6.29. The molecule has 3 fully saturated rings. The molecule has 0 aromatic rings. The highest BCUT2D eigenvalue weighted by molar-refractivity contribution is 5.87. The zero-order valence-electron chi connectivity index (χ0n) is 10.5. The molecule has 0 radical (unpaired) electrons. The fraction of sp³-hybridized carbons (Fsp3) is 0.929. The van der Waals surface area contributed by atoms with Gasteiger partial charge in [-0.3, -0.25) is 4.79 Å². The lowest BCUT2D eigenvalue weighted by Crippen LogP contribution is -2.51. The summed E-state index contributed by atoms with van der Waals surface area (Å²) in [5.74, 6) is 0.145. The number of aliphatic hydroxyl groups excluding tert-OH is 1. The third-order valence-corrected chi connectivity index (χ3v) is 5.35. The molecule has 1 aliphatic heterocycles. The molecular weight excluding hydrogens is 214 g/mol. The molecule has 1 heterocycles. The maximum absolute atomic E-state index is 12.4. The summed E-state index contributed by atoms with van der Waals surface area (Å²) in [5, 5.41) is 14.0. The van der Waals surface area contributed by atoms with Gasteiger partial charge in [-0.1, -0.05) is 38.5 Å². The topological polar surface area (TPSA) is 49.3 Å². The summed E-state index contributed by atoms with van der Waals surface area (Å²) in [6, 6.07) is 0. The van der Waals surface area contributed by atoms with Crippen LogP contribution < -0.4 is 5.32 Å². The van der Waals surface area contributed by atoms with Gasteiger partial charge in [0, 0.05) is 0 Å². The van der Waals surface area contributed by atoms with E-state index in [1.807, 2.05) is 0 Å². The van der Waals surface area contributed by atoms with Gasteiger partial charge in [0.1, 0.15) is 0 Å². The summed E-state index contributed by atoms with van der Waals surface area (Å²) in [5.41, 5.74) is -0.706. The van der Waals surface area contributed by atoms with E-state index in [9.17, 15) is 9.90 Å². The van der Waals surface area contributed by atoms with Gasteiger partial charge in [0.2, 0.25) is 5.91 Å². The van der Waals surface area contributed by atoms with E-state index in [0.29, 0.717) is 0 Å². The summed E-state index contributed by atoms with van der Waals surface area (Å²) in [7, 11) is 0. The zero-order valence-corrected chi connectivity index (χ0v) is 10.5. The van der Waals surface area contributed by atoms with Crippen molar-refractivity contribution in [3.05, 3.63) is 0 Å². The fourth-order valence-electron chi connectivity index (χ4n) is 4.34. The lowest BCUT2D eigenvalue weighted by Gasteiger charge is -2.41. The summed E-state index contributed by atoms with van der Waals surface area (Å²) in [6.07, 6.45) is 10.2. The van der Waals surface area contributed by atoms with Crippen molar-refractivity contribution in [2.45, 2.75) is 75.9 Å². The molecule has 2 aliphatic carbocycles. The Morgan fingerprint density at radius 2 is 1.47 bits per heavy atom. The van der Waals surface area contributed by atoms with E-state index in [-0.39, 0.29) is 11.4 Å². The lowest BCUT2D eigenvalue weighted by atomic mass is 9.65. The van der Waals surface area contributed by atoms with E-state index in [1.54, 1.807) is 0 Å². The average Bonchev–Trinajstić information content (AvgIpc) is 2.55. The predicted octanol–water partition coefficient (Wildman–Crippen LogP) is 2.13. The first kappa shape index (κ1) is 11.5. The molecule has 2 spiro atoms. The second-order valence-electron chi connectivity index (χ2n) is 6.29. The SMILES string of the molecule is O=C1NC2(CCCCC2)C(O)C12CCCCC2. The Balaban J connectivity index is 1.89. The van der Waals surface area contributed by atoms with Gasteiger partial charge >= 0.3 is 0 Å². The van der Waals surface area contributed by atoms with Crippen LogP contribution in [0.15, 0.2) is 0 Å². The Morgan fingerprint density at radius 3 is 2.06 bits per heavy atom. The Kier molecular flexibility index (Phi) is 2.69. The number of amides is 1. The maximum atomic E-state index is 12.4. The molecule has 3 nitrogen and oxygen atoms in total. The van der Waals surface area contributed by atoms with Crippen molar-refractivity contribution in [2.24, 2.45) is 5.41 Å². The average molecular weight is 237 g/mol. The van der Waals surface area contributed by atoms with E-state index in [4.69, 9.17) is 0 Å². The number of hydrogen-bond acceptors (Lipinski definition) is 2. The van der Waals surface area contributed by atoms with Crippen LogP contribution in [0, 0.1) is 5.41 Å². The van der Waals surface area contributed by atoms with Gasteiger partial charge in [-0.2, -0.15) is 0 Å². The van der Waals surface area contributed by atoms with Crippen molar-refractivity contribution in [3.63, 3.8) is 0 Å². The van der Waals surface area contributed by atoms with E-state index in [1.165, 1.54) is 12.8 Å². The van der Waals surface area contributed by atoms with E-state index in [0.717, 1.165) is 51.4 Å². The zero-order chi connectivity index (χ0) is 11.9. The first-order valence-corrected chi connectivity index (χ1v) is 7.20. The maximum Gasteiger partial charge on any atom is 0.229 e. The van der Waals surface area contributed by atoms with Crippen LogP contribution in [0.5, 0.6) is 0 Å². The number of carbonyl (C=O) groups excluding carboxylic acids is 1. The summed E-state index contributed by atoms with van der Waals surface area (Å²) in [4.78, 5) is 12.4. The first-order chi connectivity index (χ1) is 8.20. The smallest absolute Gasteiger partial charge is 0.229 e. The molecule has 3 rings (SSSR count). The number of aliphatic hydroxyl groups is 1. The molecule has 1 atom stereocenters. The number of nitrogens with one attached hydrogen (secondary N) is 1. The highest BCUT2D eigenvalue weighted by Crippen LogP contribution is 2.50. The Morgan fingerprint density at radius 1 is 0.941 bits per heavy atom. The van der Waals surface area contributed by atoms with E-state index >= 15 is 0 Å². The summed E-state index contributed by atoms with van der Waals surface area (Å²) < 4.78 is 0. The third-order valence-electron chi connectivity index (χ3n) is 5.35. The molecule has 1 amide bonds. The minimum atomic E-state index is -0.442. The van der Waals surface area contributed by atoms with Gasteiger partial charge in [-0.15, -0.1) is 0 Å². The molecule has 0 aromatic carbocycles. The van der Waals surface area contributed by atoms with Crippen molar-refractivity contribution >= 4 is 5.91 Å². The monoisotopic (exact) mass is 237 g/mol. The van der Waals surface area contributed by atoms with Crippen molar-refractivity contribution in [1.29, 1.82) is 0 Å². The van der Waals surface area contributed by atoms with Crippen molar-refractivity contribution in [1.82, 2.24) is 5.32 Å². The molecule has 96 valence electrons. The molecule has 1 saturated heterocycles. The molecule has 3 aliphatic rings. The molecule has 0 aromatic heterocycles. The predicted molar refractivity (Wildman–Crippen MR) is 65.5 cm³/mol. The van der Waals surface area contributed by atoms with Gasteiger partial charge < -0.3 is 10.4 Å². The Labute approximate surface area is 103 Å². The number of rotatable bonds is 0. The molecule has 2 N–H and O–H groups in total. The van der Waals surface area contributed by atoms with Crippen LogP contribution in [0.2, 0.25) is 0 Å². The van der Waals surface area contributed by atoms with Crippen molar-refractivity contribution in [3.8, 4) is 0 Å². The summed E-state index contributed by atoms with van der Waals surface area (Å²) >= 11 is 0. The first-order valence-electron chi connectivity index (χ1n) is 7.20. The van der Waals surface area contributed by atoms with Crippen LogP contribution in [0.4, 0.5) is 0 Å². The molecule has 3 heteroatoms. The fourth-order valence-corrected chi connectivity index (χ4v) is 4.34. The molecular formula is C14H23NO2. The summed E-state index contributed by atoms with van der Waals surface area (Å²) in [6.45, 7) is 0. The molecule has 1 unspecified atom stereocenters. The highest BCUT2D eigenvalue weighted by atomic mass is 16.3. The van der Waals surface area contributed by atoms with Crippen LogP contribution in [0.1, 0.15) is 64.2 Å². The van der Waals surface area contributed by atoms with Crippen LogP contribution in [-0.2, 0) is 4.79 Å². The number of hydrogen-bond donors (Lipinski definition) is 2. The standard InChI is InChI=1S/C14H23NO2/c16-11-13(7-3-1-4-8-13)12(17)15-14(11)9-5-2-6-10-14/h11,16H,1-10H2,(H,15,17). The molecule has 2 saturated carbocycles.